The highest BCUT2D eigenvalue weighted by molar-refractivity contribution is 5.96. The first-order valence-corrected chi connectivity index (χ1v) is 9.49. The molecule has 8 nitrogen and oxygen atoms in total. The number of nitrogens with two attached hydrogens (primary N) is 1. The number of fused-ring (bicyclic) bond motifs is 1. The summed E-state index contributed by atoms with van der Waals surface area (Å²) in [5.74, 6) is -0.0357. The topological polar surface area (TPSA) is 134 Å². The minimum atomic E-state index is -0.713. The highest BCUT2D eigenvalue weighted by Crippen LogP contribution is 2.38. The van der Waals surface area contributed by atoms with Crippen LogP contribution in [0.2, 0.25) is 0 Å². The van der Waals surface area contributed by atoms with Crippen LogP contribution in [-0.2, 0) is 17.6 Å². The summed E-state index contributed by atoms with van der Waals surface area (Å²) in [5, 5.41) is 25.9. The van der Waals surface area contributed by atoms with Crippen molar-refractivity contribution >= 4 is 17.5 Å². The number of amides is 2. The number of phenols is 1. The van der Waals surface area contributed by atoms with Gasteiger partial charge in [0.05, 0.1) is 5.69 Å². The summed E-state index contributed by atoms with van der Waals surface area (Å²) in [6.45, 7) is 1.11. The number of primary amides is 1. The lowest BCUT2D eigenvalue weighted by Crippen LogP contribution is -2.32. The molecule has 1 atom stereocenters. The Kier molecular flexibility index (Phi) is 6.69. The Morgan fingerprint density at radius 2 is 1.97 bits per heavy atom. The lowest BCUT2D eigenvalue weighted by atomic mass is 10.0. The number of aromatic hydroxyl groups is 1. The van der Waals surface area contributed by atoms with Gasteiger partial charge in [0.2, 0.25) is 11.8 Å². The molecule has 6 N–H and O–H groups in total. The van der Waals surface area contributed by atoms with Crippen LogP contribution in [0.5, 0.6) is 11.5 Å². The second-order valence-corrected chi connectivity index (χ2v) is 6.96. The third-order valence-corrected chi connectivity index (χ3v) is 4.75. The minimum Gasteiger partial charge on any atom is -0.506 e. The molecule has 29 heavy (non-hydrogen) atoms. The number of carbonyl (C=O) groups excluding carboxylic acids is 2. The third-order valence-electron chi connectivity index (χ3n) is 4.75. The van der Waals surface area contributed by atoms with Crippen LogP contribution in [0.25, 0.3) is 0 Å². The van der Waals surface area contributed by atoms with Crippen LogP contribution >= 0.6 is 0 Å². The molecular weight excluding hydrogens is 374 g/mol. The molecule has 2 amide bonds. The van der Waals surface area contributed by atoms with Gasteiger partial charge in [0.25, 0.3) is 0 Å². The molecule has 8 heteroatoms. The van der Waals surface area contributed by atoms with Gasteiger partial charge in [-0.2, -0.15) is 0 Å². The zero-order chi connectivity index (χ0) is 20.8. The van der Waals surface area contributed by atoms with Crippen molar-refractivity contribution in [3.05, 3.63) is 53.1 Å². The Hall–Kier alpha value is -3.10. The fourth-order valence-electron chi connectivity index (χ4n) is 3.16. The number of carbonyl (C=O) groups is 2. The number of aliphatic hydroxyl groups is 1. The predicted octanol–water partition coefficient (Wildman–Crippen LogP) is 0.948. The van der Waals surface area contributed by atoms with Crippen LogP contribution in [0.15, 0.2) is 36.4 Å². The largest absolute Gasteiger partial charge is 0.506 e. The van der Waals surface area contributed by atoms with Crippen molar-refractivity contribution in [1.82, 2.24) is 5.32 Å². The van der Waals surface area contributed by atoms with E-state index in [1.165, 1.54) is 6.07 Å². The lowest BCUT2D eigenvalue weighted by molar-refractivity contribution is -0.116. The summed E-state index contributed by atoms with van der Waals surface area (Å²) in [6.07, 6.45) is 0.845. The Bertz CT molecular complexity index is 883. The number of rotatable bonds is 9. The Labute approximate surface area is 168 Å². The predicted molar refractivity (Wildman–Crippen MR) is 108 cm³/mol. The molecule has 1 heterocycles. The number of ether oxygens (including phenoxy) is 1. The minimum absolute atomic E-state index is 0.00600. The Morgan fingerprint density at radius 1 is 1.21 bits per heavy atom. The number of phenolic OH excluding ortho intramolecular Hbond substituents is 1. The first-order chi connectivity index (χ1) is 13.9. The number of benzene rings is 2. The molecule has 2 aromatic carbocycles. The van der Waals surface area contributed by atoms with Gasteiger partial charge in [-0.25, -0.2) is 0 Å². The van der Waals surface area contributed by atoms with E-state index in [0.29, 0.717) is 42.9 Å². The van der Waals surface area contributed by atoms with Crippen molar-refractivity contribution in [2.24, 2.45) is 5.73 Å². The van der Waals surface area contributed by atoms with E-state index in [-0.39, 0.29) is 18.3 Å². The Balaban J connectivity index is 1.42. The van der Waals surface area contributed by atoms with E-state index >= 15 is 0 Å². The first kappa shape index (κ1) is 20.6. The van der Waals surface area contributed by atoms with Crippen molar-refractivity contribution < 1.29 is 24.5 Å². The second kappa shape index (κ2) is 9.40. The van der Waals surface area contributed by atoms with Gasteiger partial charge in [0.15, 0.2) is 0 Å². The maximum Gasteiger partial charge on any atom is 0.248 e. The average Bonchev–Trinajstić information content (AvgIpc) is 2.71. The molecule has 0 aromatic heterocycles. The van der Waals surface area contributed by atoms with Crippen molar-refractivity contribution in [3.8, 4) is 11.5 Å². The average molecular weight is 399 g/mol. The molecular formula is C21H25N3O5. The second-order valence-electron chi connectivity index (χ2n) is 6.96. The Morgan fingerprint density at radius 3 is 2.69 bits per heavy atom. The summed E-state index contributed by atoms with van der Waals surface area (Å²) in [6, 6.07) is 10.2. The molecule has 0 spiro atoms. The quantitative estimate of drug-likeness (QED) is 0.315. The smallest absolute Gasteiger partial charge is 0.248 e. The van der Waals surface area contributed by atoms with Crippen molar-refractivity contribution in [1.29, 1.82) is 0 Å². The molecule has 0 fully saturated rings. The standard InChI is InChI=1S/C21H25N3O5/c22-21(28)14-3-1-13(2-4-14)9-10-23-11-15(25)12-29-18-7-6-17(26)20-16(18)5-8-19(27)24-20/h1-4,6-7,15,23,25-26H,5,8-12H2,(H2,22,28)(H,24,27). The van der Waals surface area contributed by atoms with E-state index in [9.17, 15) is 19.8 Å². The number of nitrogens with one attached hydrogen (secondary N) is 2. The van der Waals surface area contributed by atoms with E-state index < -0.39 is 12.0 Å². The fraction of sp³-hybridized carbons (Fsp3) is 0.333. The highest BCUT2D eigenvalue weighted by Gasteiger charge is 2.22. The van der Waals surface area contributed by atoms with Gasteiger partial charge in [-0.1, -0.05) is 12.1 Å². The van der Waals surface area contributed by atoms with Gasteiger partial charge in [-0.05, 0) is 49.2 Å². The maximum atomic E-state index is 11.5. The molecule has 0 saturated heterocycles. The van der Waals surface area contributed by atoms with E-state index in [2.05, 4.69) is 10.6 Å². The van der Waals surface area contributed by atoms with Gasteiger partial charge in [-0.3, -0.25) is 9.59 Å². The molecule has 0 aliphatic carbocycles. The van der Waals surface area contributed by atoms with Crippen LogP contribution in [0.1, 0.15) is 27.9 Å². The maximum absolute atomic E-state index is 11.5. The van der Waals surface area contributed by atoms with Crippen LogP contribution in [0.3, 0.4) is 0 Å². The number of aliphatic hydroxyl groups excluding tert-OH is 1. The molecule has 0 bridgehead atoms. The van der Waals surface area contributed by atoms with E-state index in [4.69, 9.17) is 10.5 Å². The van der Waals surface area contributed by atoms with Gasteiger partial charge in [-0.15, -0.1) is 0 Å². The molecule has 154 valence electrons. The van der Waals surface area contributed by atoms with Gasteiger partial charge in [0, 0.05) is 24.1 Å². The first-order valence-electron chi connectivity index (χ1n) is 9.49. The lowest BCUT2D eigenvalue weighted by Gasteiger charge is -2.22. The van der Waals surface area contributed by atoms with Gasteiger partial charge in [0.1, 0.15) is 24.2 Å². The summed E-state index contributed by atoms with van der Waals surface area (Å²) in [4.78, 5) is 22.6. The van der Waals surface area contributed by atoms with E-state index in [1.54, 1.807) is 18.2 Å². The van der Waals surface area contributed by atoms with Gasteiger partial charge < -0.3 is 31.3 Å². The number of hydrogen-bond donors (Lipinski definition) is 5. The molecule has 1 aliphatic heterocycles. The summed E-state index contributed by atoms with van der Waals surface area (Å²) < 4.78 is 5.71. The molecule has 0 radical (unpaired) electrons. The van der Waals surface area contributed by atoms with Gasteiger partial charge >= 0.3 is 0 Å². The molecule has 3 rings (SSSR count). The number of hydrogen-bond acceptors (Lipinski definition) is 6. The normalized spacial score (nSPS) is 14.0. The summed E-state index contributed by atoms with van der Waals surface area (Å²) in [7, 11) is 0. The van der Waals surface area contributed by atoms with Crippen LogP contribution in [-0.4, -0.2) is 47.8 Å². The third kappa shape index (κ3) is 5.46. The molecule has 2 aromatic rings. The monoisotopic (exact) mass is 399 g/mol. The van der Waals surface area contributed by atoms with E-state index in [0.717, 1.165) is 17.5 Å². The van der Waals surface area contributed by atoms with Crippen LogP contribution in [0.4, 0.5) is 5.69 Å². The van der Waals surface area contributed by atoms with Crippen molar-refractivity contribution in [2.75, 3.05) is 25.0 Å². The zero-order valence-corrected chi connectivity index (χ0v) is 16.0. The van der Waals surface area contributed by atoms with Crippen molar-refractivity contribution in [3.63, 3.8) is 0 Å². The van der Waals surface area contributed by atoms with Crippen LogP contribution in [0, 0.1) is 0 Å². The highest BCUT2D eigenvalue weighted by atomic mass is 16.5. The molecule has 1 aliphatic rings. The SMILES string of the molecule is NC(=O)c1ccc(CCNCC(O)COc2ccc(O)c3c2CCC(=O)N3)cc1. The van der Waals surface area contributed by atoms with Crippen molar-refractivity contribution in [2.45, 2.75) is 25.4 Å². The van der Waals surface area contributed by atoms with Crippen LogP contribution < -0.4 is 21.1 Å². The number of anilines is 1. The fourth-order valence-corrected chi connectivity index (χ4v) is 3.16. The molecule has 1 unspecified atom stereocenters. The molecule has 0 saturated carbocycles. The zero-order valence-electron chi connectivity index (χ0n) is 16.0. The summed E-state index contributed by atoms with van der Waals surface area (Å²) >= 11 is 0. The van der Waals surface area contributed by atoms with E-state index in [1.807, 2.05) is 12.1 Å². The summed E-state index contributed by atoms with van der Waals surface area (Å²) in [5.41, 5.74) is 7.88.